The van der Waals surface area contributed by atoms with Crippen molar-refractivity contribution < 1.29 is 9.21 Å². The molecule has 0 radical (unpaired) electrons. The number of carbonyl (C=O) groups excluding carboxylic acids is 1. The van der Waals surface area contributed by atoms with Gasteiger partial charge < -0.3 is 9.40 Å². The molecule has 1 atom stereocenters. The first-order valence-corrected chi connectivity index (χ1v) is 13.5. The Morgan fingerprint density at radius 3 is 2.70 bits per heavy atom. The van der Waals surface area contributed by atoms with Gasteiger partial charge in [0, 0.05) is 15.8 Å². The Labute approximate surface area is 213 Å². The summed E-state index contributed by atoms with van der Waals surface area (Å²) in [5, 5.41) is 3.62. The molecular weight excluding hydrogens is 484 g/mol. The fourth-order valence-electron chi connectivity index (χ4n) is 4.56. The zero-order chi connectivity index (χ0) is 24.9. The lowest BCUT2D eigenvalue weighted by Gasteiger charge is -2.11. The molecule has 2 N–H and O–H groups in total. The Balaban J connectivity index is 1.34. The van der Waals surface area contributed by atoms with E-state index >= 15 is 0 Å². The largest absolute Gasteiger partial charge is 0.443 e. The van der Waals surface area contributed by atoms with Crippen LogP contribution in [0.2, 0.25) is 0 Å². The van der Waals surface area contributed by atoms with Gasteiger partial charge in [0.25, 0.3) is 5.91 Å². The minimum Gasteiger partial charge on any atom is -0.443 e. The summed E-state index contributed by atoms with van der Waals surface area (Å²) in [6.07, 6.45) is 5.23. The highest BCUT2D eigenvalue weighted by Gasteiger charge is 2.19. The van der Waals surface area contributed by atoms with Crippen molar-refractivity contribution in [3.8, 4) is 22.7 Å². The van der Waals surface area contributed by atoms with Crippen LogP contribution in [0.4, 0.5) is 11.6 Å². The molecule has 0 saturated carbocycles. The van der Waals surface area contributed by atoms with E-state index in [2.05, 4.69) is 49.7 Å². The summed E-state index contributed by atoms with van der Waals surface area (Å²) < 4.78 is 5.47. The number of hydrogen-bond donors (Lipinski definition) is 3. The van der Waals surface area contributed by atoms with Crippen molar-refractivity contribution in [2.45, 2.75) is 4.90 Å². The van der Waals surface area contributed by atoms with Crippen LogP contribution in [-0.4, -0.2) is 37.6 Å². The molecule has 180 valence electrons. The topological polar surface area (TPSA) is 109 Å². The summed E-state index contributed by atoms with van der Waals surface area (Å²) >= 11 is 0. The van der Waals surface area contributed by atoms with Crippen LogP contribution in [0.25, 0.3) is 44.6 Å². The normalized spacial score (nSPS) is 15.3. The van der Waals surface area contributed by atoms with Gasteiger partial charge in [0.05, 0.1) is 34.0 Å². The second-order valence-electron chi connectivity index (χ2n) is 8.74. The molecule has 0 spiro atoms. The summed E-state index contributed by atoms with van der Waals surface area (Å²) in [7, 11) is -0.337. The maximum Gasteiger partial charge on any atom is 0.258 e. The summed E-state index contributed by atoms with van der Waals surface area (Å²) in [6.45, 7) is 0. The number of fused-ring (bicyclic) bond motifs is 3. The van der Waals surface area contributed by atoms with Crippen LogP contribution in [0.15, 0.2) is 93.5 Å². The molecular formula is C28H20N6O2S. The van der Waals surface area contributed by atoms with Gasteiger partial charge in [-0.15, -0.1) is 0 Å². The van der Waals surface area contributed by atoms with Gasteiger partial charge in [-0.25, -0.2) is 15.0 Å². The number of hydrogen-bond acceptors (Lipinski definition) is 6. The van der Waals surface area contributed by atoms with Crippen LogP contribution in [0.3, 0.4) is 0 Å². The van der Waals surface area contributed by atoms with E-state index in [1.807, 2.05) is 48.0 Å². The maximum atomic E-state index is 13.6. The summed E-state index contributed by atoms with van der Waals surface area (Å²) in [5.41, 5.74) is 8.23. The quantitative estimate of drug-likeness (QED) is 0.242. The second kappa shape index (κ2) is 8.42. The monoisotopic (exact) mass is 504 g/mol. The van der Waals surface area contributed by atoms with E-state index in [4.69, 9.17) is 9.40 Å². The van der Waals surface area contributed by atoms with Crippen molar-refractivity contribution in [2.24, 2.45) is 4.99 Å². The van der Waals surface area contributed by atoms with Crippen molar-refractivity contribution in [3.05, 3.63) is 84.8 Å². The van der Waals surface area contributed by atoms with Crippen LogP contribution in [0.1, 0.15) is 10.4 Å². The van der Waals surface area contributed by atoms with Crippen LogP contribution in [-0.2, 0) is 0 Å². The molecule has 0 aliphatic carbocycles. The number of aliphatic imine (C=N–C) groups is 1. The molecule has 1 unspecified atom stereocenters. The van der Waals surface area contributed by atoms with E-state index in [1.54, 1.807) is 12.3 Å². The summed E-state index contributed by atoms with van der Waals surface area (Å²) in [6, 6.07) is 21.6. The highest BCUT2D eigenvalue weighted by Crippen LogP contribution is 2.45. The number of amides is 1. The van der Waals surface area contributed by atoms with E-state index in [-0.39, 0.29) is 16.8 Å². The van der Waals surface area contributed by atoms with Gasteiger partial charge in [-0.05, 0) is 59.8 Å². The molecule has 3 aromatic carbocycles. The van der Waals surface area contributed by atoms with Crippen LogP contribution >= 0.6 is 10.9 Å². The van der Waals surface area contributed by atoms with E-state index in [0.717, 1.165) is 27.8 Å². The molecule has 7 rings (SSSR count). The van der Waals surface area contributed by atoms with Gasteiger partial charge in [0.2, 0.25) is 11.8 Å². The zero-order valence-electron chi connectivity index (χ0n) is 19.6. The molecule has 0 saturated heterocycles. The summed E-state index contributed by atoms with van der Waals surface area (Å²) in [5.74, 6) is 0.403. The average Bonchev–Trinajstić information content (AvgIpc) is 3.68. The zero-order valence-corrected chi connectivity index (χ0v) is 20.5. The highest BCUT2D eigenvalue weighted by atomic mass is 32.2. The Hall–Kier alpha value is -4.76. The number of rotatable bonds is 4. The van der Waals surface area contributed by atoms with Crippen LogP contribution in [0.5, 0.6) is 0 Å². The lowest BCUT2D eigenvalue weighted by Crippen LogP contribution is -2.14. The second-order valence-corrected chi connectivity index (χ2v) is 10.7. The molecule has 9 heteroatoms. The fourth-order valence-corrected chi connectivity index (χ4v) is 5.77. The van der Waals surface area contributed by atoms with Gasteiger partial charge >= 0.3 is 0 Å². The standard InChI is InChI=1S/C28H20N6O2S/c1-37-15-30-23-13-17(7-9-25(23)37)16-6-8-20-18(12-16)19(14-24(31-20)27-29-10-11-36-27)26(35)34-28-32-21-4-2-3-5-22(21)33-28/h2-15,37H,1H3,(H2,32,33,34,35). The number of nitrogens with one attached hydrogen (secondary N) is 2. The summed E-state index contributed by atoms with van der Waals surface area (Å²) in [4.78, 5) is 36.0. The molecule has 6 aromatic rings. The van der Waals surface area contributed by atoms with E-state index < -0.39 is 0 Å². The number of carbonyl (C=O) groups is 1. The molecule has 1 amide bonds. The maximum absolute atomic E-state index is 13.6. The number of nitrogens with zero attached hydrogens (tertiary/aromatic N) is 4. The minimum atomic E-state index is -0.337. The number of oxazole rings is 1. The third-order valence-corrected chi connectivity index (χ3v) is 7.98. The molecule has 0 fully saturated rings. The Morgan fingerprint density at radius 2 is 1.84 bits per heavy atom. The van der Waals surface area contributed by atoms with E-state index in [9.17, 15) is 4.79 Å². The number of H-pyrrole nitrogens is 1. The Morgan fingerprint density at radius 1 is 0.973 bits per heavy atom. The molecule has 37 heavy (non-hydrogen) atoms. The first kappa shape index (κ1) is 21.5. The SMILES string of the molecule is C[SH]1C=Nc2cc(-c3ccc4nc(-c5ncco5)cc(C(=O)Nc5nc6ccccc6[nH]5)c4c3)ccc21. The number of aromatic amines is 1. The lowest BCUT2D eigenvalue weighted by molar-refractivity contribution is 0.102. The first-order chi connectivity index (χ1) is 18.1. The number of thiol groups is 1. The Kier molecular flexibility index (Phi) is 4.90. The molecule has 1 aliphatic rings. The minimum absolute atomic E-state index is 0.313. The fraction of sp³-hybridized carbons (Fsp3) is 0.0357. The van der Waals surface area contributed by atoms with Crippen molar-refractivity contribution in [1.29, 1.82) is 0 Å². The first-order valence-electron chi connectivity index (χ1n) is 11.6. The van der Waals surface area contributed by atoms with Crippen LogP contribution in [0, 0.1) is 0 Å². The molecule has 0 bridgehead atoms. The molecule has 4 heterocycles. The number of anilines is 1. The van der Waals surface area contributed by atoms with E-state index in [1.165, 1.54) is 11.2 Å². The highest BCUT2D eigenvalue weighted by molar-refractivity contribution is 8.28. The van der Waals surface area contributed by atoms with Gasteiger partial charge in [0.1, 0.15) is 12.0 Å². The van der Waals surface area contributed by atoms with Crippen molar-refractivity contribution in [2.75, 3.05) is 11.6 Å². The average molecular weight is 505 g/mol. The lowest BCUT2D eigenvalue weighted by atomic mass is 9.99. The van der Waals surface area contributed by atoms with Crippen molar-refractivity contribution in [1.82, 2.24) is 19.9 Å². The van der Waals surface area contributed by atoms with Gasteiger partial charge in [-0.1, -0.05) is 24.3 Å². The number of benzene rings is 3. The number of aromatic nitrogens is 4. The predicted molar refractivity (Wildman–Crippen MR) is 148 cm³/mol. The molecule has 1 aliphatic heterocycles. The smallest absolute Gasteiger partial charge is 0.258 e. The van der Waals surface area contributed by atoms with E-state index in [0.29, 0.717) is 34.0 Å². The predicted octanol–water partition coefficient (Wildman–Crippen LogP) is 6.35. The van der Waals surface area contributed by atoms with Crippen molar-refractivity contribution in [3.63, 3.8) is 0 Å². The van der Waals surface area contributed by atoms with Crippen molar-refractivity contribution >= 4 is 55.9 Å². The molecule has 3 aromatic heterocycles. The van der Waals surface area contributed by atoms with Crippen LogP contribution < -0.4 is 5.32 Å². The van der Waals surface area contributed by atoms with Gasteiger partial charge in [-0.2, -0.15) is 10.9 Å². The number of para-hydroxylation sites is 2. The number of pyridine rings is 1. The third kappa shape index (κ3) is 3.76. The molecule has 8 nitrogen and oxygen atoms in total. The van der Waals surface area contributed by atoms with Gasteiger partial charge in [0.15, 0.2) is 0 Å². The number of imidazole rings is 1. The van der Waals surface area contributed by atoms with Gasteiger partial charge in [-0.3, -0.25) is 15.1 Å². The Bertz CT molecular complexity index is 1830. The third-order valence-electron chi connectivity index (χ3n) is 6.38.